The van der Waals surface area contributed by atoms with Crippen molar-refractivity contribution < 1.29 is 9.90 Å². The predicted molar refractivity (Wildman–Crippen MR) is 74.3 cm³/mol. The number of phenolic OH excluding ortho intramolecular Hbond substituents is 1. The number of rotatable bonds is 2. The van der Waals surface area contributed by atoms with Crippen molar-refractivity contribution in [3.63, 3.8) is 0 Å². The van der Waals surface area contributed by atoms with Gasteiger partial charge in [0.2, 0.25) is 5.91 Å². The quantitative estimate of drug-likeness (QED) is 0.864. The third-order valence-corrected chi connectivity index (χ3v) is 3.45. The molecule has 19 heavy (non-hydrogen) atoms. The molecule has 3 rings (SSSR count). The number of carbonyl (C=O) groups excluding carboxylic acids is 1. The van der Waals surface area contributed by atoms with Crippen LogP contribution in [0.15, 0.2) is 42.5 Å². The Labute approximate surface area is 111 Å². The standard InChI is InChI=1S/C16H15NO2/c18-15-4-2-1-3-13(15)10-11-5-7-14-12(9-11)6-8-16(19)17-14/h1-5,7,9,18H,6,8,10H2,(H,17,19). The van der Waals surface area contributed by atoms with E-state index < -0.39 is 0 Å². The van der Waals surface area contributed by atoms with Gasteiger partial charge in [0.1, 0.15) is 5.75 Å². The van der Waals surface area contributed by atoms with E-state index in [1.54, 1.807) is 6.07 Å². The summed E-state index contributed by atoms with van der Waals surface area (Å²) < 4.78 is 0. The van der Waals surface area contributed by atoms with Gasteiger partial charge in [-0.25, -0.2) is 0 Å². The molecule has 2 aromatic rings. The van der Waals surface area contributed by atoms with E-state index in [-0.39, 0.29) is 5.91 Å². The van der Waals surface area contributed by atoms with Gasteiger partial charge in [0, 0.05) is 18.5 Å². The van der Waals surface area contributed by atoms with Gasteiger partial charge >= 0.3 is 0 Å². The molecule has 1 heterocycles. The van der Waals surface area contributed by atoms with Gasteiger partial charge in [-0.05, 0) is 35.2 Å². The van der Waals surface area contributed by atoms with Gasteiger partial charge in [-0.2, -0.15) is 0 Å². The number of amides is 1. The third-order valence-electron chi connectivity index (χ3n) is 3.45. The summed E-state index contributed by atoms with van der Waals surface area (Å²) in [6, 6.07) is 13.4. The van der Waals surface area contributed by atoms with Gasteiger partial charge in [0.15, 0.2) is 0 Å². The highest BCUT2D eigenvalue weighted by Gasteiger charge is 2.14. The average Bonchev–Trinajstić information content (AvgIpc) is 2.41. The zero-order chi connectivity index (χ0) is 13.2. The second kappa shape index (κ2) is 4.76. The predicted octanol–water partition coefficient (Wildman–Crippen LogP) is 2.87. The molecule has 3 nitrogen and oxygen atoms in total. The first-order valence-corrected chi connectivity index (χ1v) is 6.41. The number of hydrogen-bond acceptors (Lipinski definition) is 2. The van der Waals surface area contributed by atoms with Crippen LogP contribution in [0.25, 0.3) is 0 Å². The van der Waals surface area contributed by atoms with Crippen LogP contribution in [0.4, 0.5) is 5.69 Å². The number of benzene rings is 2. The number of fused-ring (bicyclic) bond motifs is 1. The van der Waals surface area contributed by atoms with Gasteiger partial charge in [-0.1, -0.05) is 30.3 Å². The van der Waals surface area contributed by atoms with Crippen LogP contribution in [-0.2, 0) is 17.6 Å². The fourth-order valence-electron chi connectivity index (χ4n) is 2.43. The summed E-state index contributed by atoms with van der Waals surface area (Å²) in [5, 5.41) is 12.7. The van der Waals surface area contributed by atoms with E-state index in [0.717, 1.165) is 23.2 Å². The van der Waals surface area contributed by atoms with Gasteiger partial charge in [0.25, 0.3) is 0 Å². The number of hydrogen-bond donors (Lipinski definition) is 2. The lowest BCUT2D eigenvalue weighted by Gasteiger charge is -2.17. The van der Waals surface area contributed by atoms with Crippen molar-refractivity contribution in [3.05, 3.63) is 59.2 Å². The summed E-state index contributed by atoms with van der Waals surface area (Å²) >= 11 is 0. The summed E-state index contributed by atoms with van der Waals surface area (Å²) in [4.78, 5) is 11.3. The number of aromatic hydroxyl groups is 1. The van der Waals surface area contributed by atoms with Gasteiger partial charge < -0.3 is 10.4 Å². The summed E-state index contributed by atoms with van der Waals surface area (Å²) in [7, 11) is 0. The highest BCUT2D eigenvalue weighted by Crippen LogP contribution is 2.26. The molecule has 0 saturated carbocycles. The number of phenols is 1. The van der Waals surface area contributed by atoms with E-state index in [1.165, 1.54) is 5.56 Å². The van der Waals surface area contributed by atoms with Crippen LogP contribution < -0.4 is 5.32 Å². The molecule has 0 unspecified atom stereocenters. The van der Waals surface area contributed by atoms with Crippen LogP contribution in [-0.4, -0.2) is 11.0 Å². The number of para-hydroxylation sites is 1. The van der Waals surface area contributed by atoms with Crippen molar-refractivity contribution in [1.82, 2.24) is 0 Å². The van der Waals surface area contributed by atoms with Crippen LogP contribution in [0.1, 0.15) is 23.1 Å². The van der Waals surface area contributed by atoms with Crippen LogP contribution >= 0.6 is 0 Å². The lowest BCUT2D eigenvalue weighted by Crippen LogP contribution is -2.18. The van der Waals surface area contributed by atoms with E-state index in [2.05, 4.69) is 11.4 Å². The van der Waals surface area contributed by atoms with Gasteiger partial charge in [0.05, 0.1) is 0 Å². The fourth-order valence-corrected chi connectivity index (χ4v) is 2.43. The van der Waals surface area contributed by atoms with E-state index in [0.29, 0.717) is 18.6 Å². The van der Waals surface area contributed by atoms with E-state index in [9.17, 15) is 9.90 Å². The topological polar surface area (TPSA) is 49.3 Å². The molecule has 0 aliphatic carbocycles. The van der Waals surface area contributed by atoms with Gasteiger partial charge in [-0.15, -0.1) is 0 Å². The first-order valence-electron chi connectivity index (χ1n) is 6.41. The third kappa shape index (κ3) is 2.45. The molecule has 0 atom stereocenters. The molecule has 0 aromatic heterocycles. The Morgan fingerprint density at radius 2 is 1.95 bits per heavy atom. The maximum atomic E-state index is 11.3. The fraction of sp³-hybridized carbons (Fsp3) is 0.188. The first kappa shape index (κ1) is 11.8. The van der Waals surface area contributed by atoms with Crippen molar-refractivity contribution in [2.24, 2.45) is 0 Å². The molecular formula is C16H15NO2. The maximum Gasteiger partial charge on any atom is 0.224 e. The Bertz CT molecular complexity index is 634. The minimum absolute atomic E-state index is 0.0842. The number of nitrogens with one attached hydrogen (secondary N) is 1. The van der Waals surface area contributed by atoms with Crippen molar-refractivity contribution in [2.45, 2.75) is 19.3 Å². The zero-order valence-corrected chi connectivity index (χ0v) is 10.5. The molecule has 0 fully saturated rings. The van der Waals surface area contributed by atoms with Crippen molar-refractivity contribution in [1.29, 1.82) is 0 Å². The largest absolute Gasteiger partial charge is 0.508 e. The monoisotopic (exact) mass is 253 g/mol. The SMILES string of the molecule is O=C1CCc2cc(Cc3ccccc3O)ccc2N1. The molecule has 2 N–H and O–H groups in total. The molecule has 0 bridgehead atoms. The summed E-state index contributed by atoms with van der Waals surface area (Å²) in [6.07, 6.45) is 2.04. The zero-order valence-electron chi connectivity index (χ0n) is 10.5. The highest BCUT2D eigenvalue weighted by atomic mass is 16.3. The molecule has 0 saturated heterocycles. The minimum Gasteiger partial charge on any atom is -0.508 e. The molecule has 0 radical (unpaired) electrons. The Hall–Kier alpha value is -2.29. The molecular weight excluding hydrogens is 238 g/mol. The lowest BCUT2D eigenvalue weighted by atomic mass is 9.97. The molecule has 96 valence electrons. The minimum atomic E-state index is 0.0842. The van der Waals surface area contributed by atoms with Crippen LogP contribution in [0.2, 0.25) is 0 Å². The smallest absolute Gasteiger partial charge is 0.224 e. The molecule has 2 aromatic carbocycles. The lowest BCUT2D eigenvalue weighted by molar-refractivity contribution is -0.116. The Morgan fingerprint density at radius 1 is 1.11 bits per heavy atom. The van der Waals surface area contributed by atoms with Crippen LogP contribution in [0, 0.1) is 0 Å². The molecule has 1 amide bonds. The Morgan fingerprint density at radius 3 is 2.79 bits per heavy atom. The molecule has 1 aliphatic heterocycles. The Kier molecular flexibility index (Phi) is 2.95. The Balaban J connectivity index is 1.87. The van der Waals surface area contributed by atoms with Crippen molar-refractivity contribution in [3.8, 4) is 5.75 Å². The number of carbonyl (C=O) groups is 1. The van der Waals surface area contributed by atoms with E-state index >= 15 is 0 Å². The first-order chi connectivity index (χ1) is 9.22. The molecule has 0 spiro atoms. The van der Waals surface area contributed by atoms with Crippen LogP contribution in [0.3, 0.4) is 0 Å². The summed E-state index contributed by atoms with van der Waals surface area (Å²) in [5.74, 6) is 0.412. The normalized spacial score (nSPS) is 13.8. The summed E-state index contributed by atoms with van der Waals surface area (Å²) in [6.45, 7) is 0. The van der Waals surface area contributed by atoms with Gasteiger partial charge in [-0.3, -0.25) is 4.79 Å². The van der Waals surface area contributed by atoms with Crippen molar-refractivity contribution >= 4 is 11.6 Å². The highest BCUT2D eigenvalue weighted by molar-refractivity contribution is 5.93. The molecule has 1 aliphatic rings. The van der Waals surface area contributed by atoms with Crippen LogP contribution in [0.5, 0.6) is 5.75 Å². The average molecular weight is 253 g/mol. The van der Waals surface area contributed by atoms with Crippen molar-refractivity contribution in [2.75, 3.05) is 5.32 Å². The molecule has 3 heteroatoms. The second-order valence-electron chi connectivity index (χ2n) is 4.85. The number of aryl methyl sites for hydroxylation is 1. The second-order valence-corrected chi connectivity index (χ2v) is 4.85. The van der Waals surface area contributed by atoms with E-state index in [1.807, 2.05) is 30.3 Å². The van der Waals surface area contributed by atoms with E-state index in [4.69, 9.17) is 0 Å². The summed E-state index contributed by atoms with van der Waals surface area (Å²) in [5.41, 5.74) is 4.16. The maximum absolute atomic E-state index is 11.3. The number of anilines is 1.